The topological polar surface area (TPSA) is 75.7 Å². The maximum Gasteiger partial charge on any atom is 0.264 e. The van der Waals surface area contributed by atoms with Crippen molar-refractivity contribution in [2.75, 3.05) is 24.5 Å². The van der Waals surface area contributed by atoms with Gasteiger partial charge in [0.1, 0.15) is 12.3 Å². The third-order valence-electron chi connectivity index (χ3n) is 5.25. The summed E-state index contributed by atoms with van der Waals surface area (Å²) in [5.74, 6) is 0.465. The summed E-state index contributed by atoms with van der Waals surface area (Å²) in [5, 5.41) is 2.86. The normalized spacial score (nSPS) is 11.1. The number of nitrogens with zero attached hydrogens (tertiary/aromatic N) is 1. The van der Waals surface area contributed by atoms with Crippen LogP contribution in [0.25, 0.3) is 0 Å². The molecule has 174 valence electrons. The Bertz CT molecular complexity index is 1170. The largest absolute Gasteiger partial charge is 0.496 e. The molecule has 0 aromatic heterocycles. The van der Waals surface area contributed by atoms with E-state index in [0.717, 1.165) is 28.9 Å². The standard InChI is InChI=1S/C26H30N2O4S/c1-20-16-21(2)18-23(17-20)28(33(30,31)24-12-5-4-6-13-24)19-26(29)27-15-9-11-22-10-7-8-14-25(22)32-3/h4-8,10,12-14,16-18H,9,11,15,19H2,1-3H3,(H,27,29). The van der Waals surface area contributed by atoms with Gasteiger partial charge in [0.2, 0.25) is 5.91 Å². The zero-order valence-electron chi connectivity index (χ0n) is 19.2. The summed E-state index contributed by atoms with van der Waals surface area (Å²) in [6.07, 6.45) is 1.45. The highest BCUT2D eigenvalue weighted by molar-refractivity contribution is 7.92. The minimum Gasteiger partial charge on any atom is -0.496 e. The quantitative estimate of drug-likeness (QED) is 0.453. The van der Waals surface area contributed by atoms with Crippen molar-refractivity contribution in [2.24, 2.45) is 0 Å². The van der Waals surface area contributed by atoms with E-state index in [1.807, 2.05) is 44.2 Å². The van der Waals surface area contributed by atoms with Crippen LogP contribution in [0.15, 0.2) is 77.7 Å². The lowest BCUT2D eigenvalue weighted by Gasteiger charge is -2.25. The monoisotopic (exact) mass is 466 g/mol. The highest BCUT2D eigenvalue weighted by Crippen LogP contribution is 2.25. The van der Waals surface area contributed by atoms with Gasteiger partial charge in [-0.1, -0.05) is 42.5 Å². The third kappa shape index (κ3) is 6.35. The molecule has 0 atom stereocenters. The van der Waals surface area contributed by atoms with Gasteiger partial charge in [0.05, 0.1) is 17.7 Å². The molecule has 7 heteroatoms. The number of hydrogen-bond acceptors (Lipinski definition) is 4. The maximum absolute atomic E-state index is 13.4. The number of sulfonamides is 1. The minimum atomic E-state index is -3.91. The number of carbonyl (C=O) groups excluding carboxylic acids is 1. The Morgan fingerprint density at radius 1 is 0.939 bits per heavy atom. The Hall–Kier alpha value is -3.32. The van der Waals surface area contributed by atoms with E-state index in [0.29, 0.717) is 18.7 Å². The number of methoxy groups -OCH3 is 1. The van der Waals surface area contributed by atoms with Gasteiger partial charge in [-0.05, 0) is 73.7 Å². The average Bonchev–Trinajstić information content (AvgIpc) is 2.80. The van der Waals surface area contributed by atoms with Crippen LogP contribution in [0.3, 0.4) is 0 Å². The number of hydrogen-bond donors (Lipinski definition) is 1. The van der Waals surface area contributed by atoms with E-state index in [-0.39, 0.29) is 17.3 Å². The lowest BCUT2D eigenvalue weighted by Crippen LogP contribution is -2.41. The van der Waals surface area contributed by atoms with Gasteiger partial charge in [0, 0.05) is 6.54 Å². The summed E-state index contributed by atoms with van der Waals surface area (Å²) in [4.78, 5) is 12.9. The third-order valence-corrected chi connectivity index (χ3v) is 7.04. The summed E-state index contributed by atoms with van der Waals surface area (Å²) < 4.78 is 33.4. The number of carbonyl (C=O) groups is 1. The number of aryl methyl sites for hydroxylation is 3. The van der Waals surface area contributed by atoms with Crippen LogP contribution in [0.2, 0.25) is 0 Å². The number of nitrogens with one attached hydrogen (secondary N) is 1. The summed E-state index contributed by atoms with van der Waals surface area (Å²) in [5.41, 5.74) is 3.39. The van der Waals surface area contributed by atoms with Gasteiger partial charge in [-0.15, -0.1) is 0 Å². The molecule has 0 fully saturated rings. The molecule has 0 unspecified atom stereocenters. The van der Waals surface area contributed by atoms with Gasteiger partial charge >= 0.3 is 0 Å². The smallest absolute Gasteiger partial charge is 0.264 e. The van der Waals surface area contributed by atoms with E-state index in [1.165, 1.54) is 16.4 Å². The van der Waals surface area contributed by atoms with Gasteiger partial charge in [0.25, 0.3) is 10.0 Å². The molecule has 0 aliphatic carbocycles. The van der Waals surface area contributed by atoms with Crippen molar-refractivity contribution in [3.05, 3.63) is 89.5 Å². The van der Waals surface area contributed by atoms with Crippen molar-refractivity contribution < 1.29 is 17.9 Å². The van der Waals surface area contributed by atoms with Crippen LogP contribution in [0.1, 0.15) is 23.1 Å². The second kappa shape index (κ2) is 11.0. The van der Waals surface area contributed by atoms with Gasteiger partial charge in [-0.2, -0.15) is 0 Å². The van der Waals surface area contributed by atoms with Crippen LogP contribution in [0.4, 0.5) is 5.69 Å². The fraction of sp³-hybridized carbons (Fsp3) is 0.269. The lowest BCUT2D eigenvalue weighted by atomic mass is 10.1. The molecule has 3 aromatic rings. The molecule has 0 heterocycles. The van der Waals surface area contributed by atoms with E-state index in [4.69, 9.17) is 4.74 Å². The molecule has 0 aliphatic heterocycles. The highest BCUT2D eigenvalue weighted by Gasteiger charge is 2.27. The van der Waals surface area contributed by atoms with E-state index in [1.54, 1.807) is 37.4 Å². The van der Waals surface area contributed by atoms with Gasteiger partial charge in [-0.3, -0.25) is 9.10 Å². The van der Waals surface area contributed by atoms with Crippen molar-refractivity contribution in [2.45, 2.75) is 31.6 Å². The van der Waals surface area contributed by atoms with Gasteiger partial charge in [-0.25, -0.2) is 8.42 Å². The highest BCUT2D eigenvalue weighted by atomic mass is 32.2. The fourth-order valence-corrected chi connectivity index (χ4v) is 5.16. The molecular formula is C26H30N2O4S. The van der Waals surface area contributed by atoms with Crippen molar-refractivity contribution in [3.63, 3.8) is 0 Å². The Balaban J connectivity index is 1.72. The molecule has 0 saturated carbocycles. The number of ether oxygens (including phenoxy) is 1. The molecule has 0 aliphatic rings. The van der Waals surface area contributed by atoms with Crippen molar-refractivity contribution >= 4 is 21.6 Å². The molecule has 0 bridgehead atoms. The number of benzene rings is 3. The second-order valence-electron chi connectivity index (χ2n) is 7.94. The molecule has 0 radical (unpaired) electrons. The Morgan fingerprint density at radius 3 is 2.24 bits per heavy atom. The summed E-state index contributed by atoms with van der Waals surface area (Å²) in [7, 11) is -2.28. The molecule has 33 heavy (non-hydrogen) atoms. The first-order valence-electron chi connectivity index (χ1n) is 10.9. The molecule has 0 spiro atoms. The number of anilines is 1. The first kappa shape index (κ1) is 24.3. The second-order valence-corrected chi connectivity index (χ2v) is 9.80. The first-order chi connectivity index (χ1) is 15.8. The Morgan fingerprint density at radius 2 is 1.58 bits per heavy atom. The van der Waals surface area contributed by atoms with Crippen LogP contribution >= 0.6 is 0 Å². The minimum absolute atomic E-state index is 0.146. The summed E-state index contributed by atoms with van der Waals surface area (Å²) >= 11 is 0. The molecule has 3 rings (SSSR count). The SMILES string of the molecule is COc1ccccc1CCCNC(=O)CN(c1cc(C)cc(C)c1)S(=O)(=O)c1ccccc1. The molecular weight excluding hydrogens is 436 g/mol. The Kier molecular flexibility index (Phi) is 8.11. The summed E-state index contributed by atoms with van der Waals surface area (Å²) in [6.45, 7) is 3.95. The maximum atomic E-state index is 13.4. The van der Waals surface area contributed by atoms with Crippen LogP contribution in [-0.4, -0.2) is 34.5 Å². The lowest BCUT2D eigenvalue weighted by molar-refractivity contribution is -0.119. The first-order valence-corrected chi connectivity index (χ1v) is 12.3. The van der Waals surface area contributed by atoms with Gasteiger partial charge < -0.3 is 10.1 Å². The predicted molar refractivity (Wildman–Crippen MR) is 131 cm³/mol. The van der Waals surface area contributed by atoms with Crippen molar-refractivity contribution in [3.8, 4) is 5.75 Å². The van der Waals surface area contributed by atoms with Crippen molar-refractivity contribution in [1.29, 1.82) is 0 Å². The van der Waals surface area contributed by atoms with Crippen LogP contribution in [-0.2, 0) is 21.2 Å². The fourth-order valence-electron chi connectivity index (χ4n) is 3.73. The zero-order valence-corrected chi connectivity index (χ0v) is 20.1. The van der Waals surface area contributed by atoms with Crippen LogP contribution in [0.5, 0.6) is 5.75 Å². The molecule has 6 nitrogen and oxygen atoms in total. The Labute approximate surface area is 196 Å². The van der Waals surface area contributed by atoms with E-state index >= 15 is 0 Å². The van der Waals surface area contributed by atoms with Crippen LogP contribution in [0, 0.1) is 13.8 Å². The van der Waals surface area contributed by atoms with E-state index in [2.05, 4.69) is 5.32 Å². The zero-order chi connectivity index (χ0) is 23.8. The number of para-hydroxylation sites is 1. The van der Waals surface area contributed by atoms with Gasteiger partial charge in [0.15, 0.2) is 0 Å². The van der Waals surface area contributed by atoms with Crippen molar-refractivity contribution in [1.82, 2.24) is 5.32 Å². The summed E-state index contributed by atoms with van der Waals surface area (Å²) in [6, 6.07) is 21.5. The predicted octanol–water partition coefficient (Wildman–Crippen LogP) is 4.26. The number of amides is 1. The van der Waals surface area contributed by atoms with E-state index < -0.39 is 10.0 Å². The molecule has 0 saturated heterocycles. The van der Waals surface area contributed by atoms with E-state index in [9.17, 15) is 13.2 Å². The number of rotatable bonds is 10. The molecule has 1 amide bonds. The average molecular weight is 467 g/mol. The molecule has 3 aromatic carbocycles. The molecule has 1 N–H and O–H groups in total. The van der Waals surface area contributed by atoms with Crippen LogP contribution < -0.4 is 14.4 Å².